The third-order valence-corrected chi connectivity index (χ3v) is 6.76. The number of sulfonamides is 1. The van der Waals surface area contributed by atoms with Gasteiger partial charge in [-0.15, -0.1) is 0 Å². The molecule has 1 unspecified atom stereocenters. The molecule has 1 amide bonds. The first-order valence-electron chi connectivity index (χ1n) is 8.82. The lowest BCUT2D eigenvalue weighted by molar-refractivity contribution is -0.140. The van der Waals surface area contributed by atoms with Crippen LogP contribution in [0.1, 0.15) is 49.4 Å². The fourth-order valence-corrected chi connectivity index (χ4v) is 4.50. The molecule has 0 saturated heterocycles. The van der Waals surface area contributed by atoms with Crippen LogP contribution in [0.3, 0.4) is 0 Å². The molecule has 0 aliphatic heterocycles. The van der Waals surface area contributed by atoms with Crippen molar-refractivity contribution >= 4 is 21.9 Å². The minimum Gasteiger partial charge on any atom is -0.481 e. The number of hydrogen-bond acceptors (Lipinski definition) is 4. The molecule has 0 aromatic heterocycles. The minimum atomic E-state index is -3.68. The molecule has 8 heteroatoms. The number of nitrogens with zero attached hydrogens (tertiary/aromatic N) is 1. The highest BCUT2D eigenvalue weighted by atomic mass is 32.2. The van der Waals surface area contributed by atoms with Gasteiger partial charge in [0, 0.05) is 25.2 Å². The Morgan fingerprint density at radius 1 is 1.27 bits per heavy atom. The van der Waals surface area contributed by atoms with Gasteiger partial charge in [-0.25, -0.2) is 8.42 Å². The maximum absolute atomic E-state index is 12.9. The van der Waals surface area contributed by atoms with Crippen LogP contribution in [0.4, 0.5) is 0 Å². The number of carboxylic acids is 1. The first-order valence-corrected chi connectivity index (χ1v) is 10.3. The van der Waals surface area contributed by atoms with Gasteiger partial charge >= 0.3 is 5.97 Å². The molecule has 26 heavy (non-hydrogen) atoms. The first kappa shape index (κ1) is 20.4. The van der Waals surface area contributed by atoms with Gasteiger partial charge in [0.2, 0.25) is 10.0 Å². The van der Waals surface area contributed by atoms with Crippen LogP contribution in [-0.2, 0) is 14.8 Å². The Labute approximate surface area is 154 Å². The molecule has 1 aromatic carbocycles. The van der Waals surface area contributed by atoms with Crippen molar-refractivity contribution in [1.29, 1.82) is 0 Å². The summed E-state index contributed by atoms with van der Waals surface area (Å²) in [7, 11) is -2.09. The SMILES string of the molecule is CC(CNC(=O)c1cccc(S(=O)(=O)N(C)C2CCCCC2)c1)C(=O)O. The lowest BCUT2D eigenvalue weighted by Crippen LogP contribution is -2.38. The van der Waals surface area contributed by atoms with E-state index in [0.29, 0.717) is 0 Å². The van der Waals surface area contributed by atoms with Crippen molar-refractivity contribution in [3.05, 3.63) is 29.8 Å². The molecular weight excluding hydrogens is 356 g/mol. The van der Waals surface area contributed by atoms with Gasteiger partial charge < -0.3 is 10.4 Å². The molecule has 1 fully saturated rings. The number of benzene rings is 1. The predicted molar refractivity (Wildman–Crippen MR) is 97.4 cm³/mol. The van der Waals surface area contributed by atoms with Crippen molar-refractivity contribution in [2.45, 2.75) is 50.0 Å². The Morgan fingerprint density at radius 2 is 1.92 bits per heavy atom. The van der Waals surface area contributed by atoms with E-state index in [2.05, 4.69) is 5.32 Å². The molecule has 2 N–H and O–H groups in total. The van der Waals surface area contributed by atoms with Crippen molar-refractivity contribution in [2.24, 2.45) is 5.92 Å². The minimum absolute atomic E-state index is 0.0114. The van der Waals surface area contributed by atoms with Gasteiger partial charge in [-0.3, -0.25) is 9.59 Å². The maximum Gasteiger partial charge on any atom is 0.308 e. The summed E-state index contributed by atoms with van der Waals surface area (Å²) in [4.78, 5) is 23.1. The standard InChI is InChI=1S/C18H26N2O5S/c1-13(18(22)23)12-19-17(21)14-7-6-10-16(11-14)26(24,25)20(2)15-8-4-3-5-9-15/h6-7,10-11,13,15H,3-5,8-9,12H2,1-2H3,(H,19,21)(H,22,23). The van der Waals surface area contributed by atoms with Crippen molar-refractivity contribution < 1.29 is 23.1 Å². The van der Waals surface area contributed by atoms with Crippen LogP contribution in [0, 0.1) is 5.92 Å². The zero-order chi connectivity index (χ0) is 19.3. The molecule has 0 bridgehead atoms. The van der Waals surface area contributed by atoms with Gasteiger partial charge in [-0.05, 0) is 31.0 Å². The summed E-state index contributed by atoms with van der Waals surface area (Å²) in [6.45, 7) is 1.47. The topological polar surface area (TPSA) is 104 Å². The second kappa shape index (κ2) is 8.64. The van der Waals surface area contributed by atoms with Gasteiger partial charge in [-0.1, -0.05) is 32.3 Å². The Morgan fingerprint density at radius 3 is 2.54 bits per heavy atom. The Balaban J connectivity index is 2.14. The molecule has 1 aromatic rings. The summed E-state index contributed by atoms with van der Waals surface area (Å²) < 4.78 is 27.2. The summed E-state index contributed by atoms with van der Waals surface area (Å²) >= 11 is 0. The molecule has 0 spiro atoms. The van der Waals surface area contributed by atoms with Crippen LogP contribution < -0.4 is 5.32 Å². The zero-order valence-corrected chi connectivity index (χ0v) is 16.0. The third kappa shape index (κ3) is 4.82. The number of hydrogen-bond donors (Lipinski definition) is 2. The van der Waals surface area contributed by atoms with E-state index in [1.165, 1.54) is 35.5 Å². The van der Waals surface area contributed by atoms with Crippen molar-refractivity contribution in [1.82, 2.24) is 9.62 Å². The van der Waals surface area contributed by atoms with Crippen LogP contribution in [0.2, 0.25) is 0 Å². The smallest absolute Gasteiger partial charge is 0.308 e. The number of carbonyl (C=O) groups is 2. The lowest BCUT2D eigenvalue weighted by atomic mass is 9.96. The molecule has 1 aliphatic rings. The van der Waals surface area contributed by atoms with Crippen molar-refractivity contribution in [3.63, 3.8) is 0 Å². The average molecular weight is 382 g/mol. The molecule has 0 radical (unpaired) electrons. The molecule has 144 valence electrons. The van der Waals surface area contributed by atoms with E-state index in [9.17, 15) is 18.0 Å². The number of carbonyl (C=O) groups excluding carboxylic acids is 1. The maximum atomic E-state index is 12.9. The lowest BCUT2D eigenvalue weighted by Gasteiger charge is -2.30. The van der Waals surface area contributed by atoms with Crippen LogP contribution in [0.5, 0.6) is 0 Å². The summed E-state index contributed by atoms with van der Waals surface area (Å²) in [6, 6.07) is 5.85. The molecule has 1 atom stereocenters. The van der Waals surface area contributed by atoms with Crippen molar-refractivity contribution in [3.8, 4) is 0 Å². The molecule has 7 nitrogen and oxygen atoms in total. The Bertz CT molecular complexity index is 757. The van der Waals surface area contributed by atoms with E-state index in [1.807, 2.05) is 0 Å². The van der Waals surface area contributed by atoms with Crippen molar-refractivity contribution in [2.75, 3.05) is 13.6 Å². The molecule has 1 saturated carbocycles. The van der Waals surface area contributed by atoms with E-state index < -0.39 is 27.8 Å². The highest BCUT2D eigenvalue weighted by Crippen LogP contribution is 2.26. The van der Waals surface area contributed by atoms with Gasteiger partial charge in [0.05, 0.1) is 10.8 Å². The van der Waals surface area contributed by atoms with Crippen LogP contribution >= 0.6 is 0 Å². The fraction of sp³-hybridized carbons (Fsp3) is 0.556. The highest BCUT2D eigenvalue weighted by Gasteiger charge is 2.29. The third-order valence-electron chi connectivity index (χ3n) is 4.85. The zero-order valence-electron chi connectivity index (χ0n) is 15.1. The quantitative estimate of drug-likeness (QED) is 0.751. The van der Waals surface area contributed by atoms with Crippen LogP contribution in [0.25, 0.3) is 0 Å². The van der Waals surface area contributed by atoms with Crippen LogP contribution in [-0.4, -0.2) is 49.3 Å². The summed E-state index contributed by atoms with van der Waals surface area (Å²) in [5.41, 5.74) is 0.195. The van der Waals surface area contributed by atoms with Gasteiger partial charge in [-0.2, -0.15) is 4.31 Å². The van der Waals surface area contributed by atoms with E-state index in [1.54, 1.807) is 7.05 Å². The van der Waals surface area contributed by atoms with E-state index >= 15 is 0 Å². The van der Waals surface area contributed by atoms with E-state index in [0.717, 1.165) is 32.1 Å². The molecule has 0 heterocycles. The first-order chi connectivity index (χ1) is 12.2. The number of aliphatic carboxylic acids is 1. The van der Waals surface area contributed by atoms with Crippen LogP contribution in [0.15, 0.2) is 29.2 Å². The number of amides is 1. The Hall–Kier alpha value is -1.93. The fourth-order valence-electron chi connectivity index (χ4n) is 3.04. The monoisotopic (exact) mass is 382 g/mol. The average Bonchev–Trinajstić information content (AvgIpc) is 2.65. The second-order valence-electron chi connectivity index (χ2n) is 6.79. The largest absolute Gasteiger partial charge is 0.481 e. The van der Waals surface area contributed by atoms with E-state index in [4.69, 9.17) is 5.11 Å². The number of rotatable bonds is 7. The summed E-state index contributed by atoms with van der Waals surface area (Å²) in [5, 5.41) is 11.4. The van der Waals surface area contributed by atoms with Gasteiger partial charge in [0.1, 0.15) is 0 Å². The summed E-state index contributed by atoms with van der Waals surface area (Å²) in [6.07, 6.45) is 4.88. The second-order valence-corrected chi connectivity index (χ2v) is 8.79. The summed E-state index contributed by atoms with van der Waals surface area (Å²) in [5.74, 6) is -2.21. The molecular formula is C18H26N2O5S. The number of carboxylic acid groups (broad SMARTS) is 1. The van der Waals surface area contributed by atoms with E-state index in [-0.39, 0.29) is 23.0 Å². The molecule has 1 aliphatic carbocycles. The predicted octanol–water partition coefficient (Wildman–Crippen LogP) is 2.09. The highest BCUT2D eigenvalue weighted by molar-refractivity contribution is 7.89. The Kier molecular flexibility index (Phi) is 6.77. The number of nitrogens with one attached hydrogen (secondary N) is 1. The molecule has 2 rings (SSSR count). The van der Waals surface area contributed by atoms with Gasteiger partial charge in [0.25, 0.3) is 5.91 Å². The van der Waals surface area contributed by atoms with Gasteiger partial charge in [0.15, 0.2) is 0 Å². The normalized spacial score (nSPS) is 17.0.